The lowest BCUT2D eigenvalue weighted by Crippen LogP contribution is -2.48. The van der Waals surface area contributed by atoms with Crippen molar-refractivity contribution in [3.05, 3.63) is 65.7 Å². The first-order valence-corrected chi connectivity index (χ1v) is 10.5. The lowest BCUT2D eigenvalue weighted by Gasteiger charge is -2.36. The molecule has 2 aliphatic heterocycles. The number of amides is 1. The highest BCUT2D eigenvalue weighted by atomic mass is 16.5. The molecule has 4 nitrogen and oxygen atoms in total. The molecular formula is C24H30N2O2. The van der Waals surface area contributed by atoms with Gasteiger partial charge in [0.25, 0.3) is 0 Å². The van der Waals surface area contributed by atoms with Crippen LogP contribution in [0.2, 0.25) is 0 Å². The Morgan fingerprint density at radius 2 is 1.82 bits per heavy atom. The van der Waals surface area contributed by atoms with Gasteiger partial charge in [0.15, 0.2) is 0 Å². The molecule has 2 aliphatic rings. The van der Waals surface area contributed by atoms with E-state index in [1.54, 1.807) is 0 Å². The Hall–Kier alpha value is -2.33. The molecule has 4 heteroatoms. The van der Waals surface area contributed by atoms with Crippen molar-refractivity contribution in [1.82, 2.24) is 5.32 Å². The van der Waals surface area contributed by atoms with E-state index in [2.05, 4.69) is 53.5 Å². The van der Waals surface area contributed by atoms with Crippen LogP contribution in [0.3, 0.4) is 0 Å². The number of nitrogens with one attached hydrogen (secondary N) is 1. The minimum atomic E-state index is -0.451. The number of carbonyl (C=O) groups excluding carboxylic acids is 1. The predicted molar refractivity (Wildman–Crippen MR) is 113 cm³/mol. The molecule has 148 valence electrons. The SMILES string of the molecule is C[C@@H]1Cc2ccccc2N1CCCNC(=O)C1(c2ccccc2)CCOCC1. The van der Waals surface area contributed by atoms with Gasteiger partial charge in [0, 0.05) is 38.0 Å². The second kappa shape index (κ2) is 8.36. The van der Waals surface area contributed by atoms with Crippen molar-refractivity contribution >= 4 is 11.6 Å². The maximum Gasteiger partial charge on any atom is 0.230 e. The zero-order valence-electron chi connectivity index (χ0n) is 16.7. The Bertz CT molecular complexity index is 799. The first-order chi connectivity index (χ1) is 13.7. The number of hydrogen-bond donors (Lipinski definition) is 1. The lowest BCUT2D eigenvalue weighted by atomic mass is 9.73. The topological polar surface area (TPSA) is 41.6 Å². The van der Waals surface area contributed by atoms with Gasteiger partial charge in [0.2, 0.25) is 5.91 Å². The summed E-state index contributed by atoms with van der Waals surface area (Å²) in [5, 5.41) is 3.23. The van der Waals surface area contributed by atoms with Crippen molar-refractivity contribution in [3.8, 4) is 0 Å². The molecule has 1 atom stereocenters. The number of nitrogens with zero attached hydrogens (tertiary/aromatic N) is 1. The summed E-state index contributed by atoms with van der Waals surface area (Å²) in [5.41, 5.74) is 3.45. The van der Waals surface area contributed by atoms with Gasteiger partial charge in [-0.05, 0) is 49.8 Å². The number of ether oxygens (including phenoxy) is 1. The second-order valence-electron chi connectivity index (χ2n) is 8.05. The van der Waals surface area contributed by atoms with E-state index in [1.807, 2.05) is 18.2 Å². The molecule has 0 bridgehead atoms. The third kappa shape index (κ3) is 3.66. The average molecular weight is 379 g/mol. The first-order valence-electron chi connectivity index (χ1n) is 10.5. The summed E-state index contributed by atoms with van der Waals surface area (Å²) in [4.78, 5) is 15.7. The fraction of sp³-hybridized carbons (Fsp3) is 0.458. The molecule has 1 N–H and O–H groups in total. The molecule has 0 saturated carbocycles. The van der Waals surface area contributed by atoms with Crippen molar-refractivity contribution in [2.75, 3.05) is 31.2 Å². The molecule has 4 rings (SSSR count). The van der Waals surface area contributed by atoms with Crippen LogP contribution >= 0.6 is 0 Å². The van der Waals surface area contributed by atoms with Crippen molar-refractivity contribution in [2.24, 2.45) is 0 Å². The predicted octanol–water partition coefficient (Wildman–Crippen LogP) is 3.69. The van der Waals surface area contributed by atoms with Crippen LogP contribution in [-0.4, -0.2) is 38.3 Å². The molecule has 1 amide bonds. The highest BCUT2D eigenvalue weighted by Crippen LogP contribution is 2.35. The summed E-state index contributed by atoms with van der Waals surface area (Å²) in [7, 11) is 0. The van der Waals surface area contributed by atoms with Gasteiger partial charge >= 0.3 is 0 Å². The summed E-state index contributed by atoms with van der Waals surface area (Å²) in [6, 6.07) is 19.4. The first kappa shape index (κ1) is 19.0. The van der Waals surface area contributed by atoms with E-state index in [0.717, 1.165) is 37.8 Å². The standard InChI is InChI=1S/C24H30N2O2/c1-19-18-20-8-5-6-11-22(20)26(19)15-7-14-25-23(27)24(12-16-28-17-13-24)21-9-3-2-4-10-21/h2-6,8-11,19H,7,12-18H2,1H3,(H,25,27)/t19-/m1/s1. The number of hydrogen-bond acceptors (Lipinski definition) is 3. The van der Waals surface area contributed by atoms with Crippen LogP contribution in [0.25, 0.3) is 0 Å². The molecule has 0 radical (unpaired) electrons. The lowest BCUT2D eigenvalue weighted by molar-refractivity contribution is -0.130. The van der Waals surface area contributed by atoms with Crippen LogP contribution in [0.15, 0.2) is 54.6 Å². The number of fused-ring (bicyclic) bond motifs is 1. The number of rotatable bonds is 6. The van der Waals surface area contributed by atoms with E-state index >= 15 is 0 Å². The molecule has 28 heavy (non-hydrogen) atoms. The Kier molecular flexibility index (Phi) is 5.67. The van der Waals surface area contributed by atoms with E-state index in [4.69, 9.17) is 4.74 Å². The van der Waals surface area contributed by atoms with Gasteiger partial charge in [-0.25, -0.2) is 0 Å². The molecule has 2 heterocycles. The molecule has 1 fully saturated rings. The van der Waals surface area contributed by atoms with Gasteiger partial charge in [0.1, 0.15) is 0 Å². The third-order valence-corrected chi connectivity index (χ3v) is 6.32. The van der Waals surface area contributed by atoms with Crippen LogP contribution in [0, 0.1) is 0 Å². The van der Waals surface area contributed by atoms with Crippen molar-refractivity contribution in [1.29, 1.82) is 0 Å². The fourth-order valence-electron chi connectivity index (χ4n) is 4.71. The fourth-order valence-corrected chi connectivity index (χ4v) is 4.71. The largest absolute Gasteiger partial charge is 0.381 e. The maximum atomic E-state index is 13.2. The number of carbonyl (C=O) groups is 1. The normalized spacial score (nSPS) is 20.6. The number of anilines is 1. The Morgan fingerprint density at radius 3 is 2.61 bits per heavy atom. The van der Waals surface area contributed by atoms with E-state index < -0.39 is 5.41 Å². The molecular weight excluding hydrogens is 348 g/mol. The molecule has 1 saturated heterocycles. The number of para-hydroxylation sites is 1. The smallest absolute Gasteiger partial charge is 0.230 e. The Morgan fingerprint density at radius 1 is 1.11 bits per heavy atom. The molecule has 2 aromatic carbocycles. The van der Waals surface area contributed by atoms with Gasteiger partial charge in [-0.1, -0.05) is 48.5 Å². The Labute approximate surface area is 167 Å². The summed E-state index contributed by atoms with van der Waals surface area (Å²) < 4.78 is 5.55. The molecule has 0 aromatic heterocycles. The van der Waals surface area contributed by atoms with Crippen molar-refractivity contribution < 1.29 is 9.53 Å². The zero-order chi connectivity index (χ0) is 19.4. The second-order valence-corrected chi connectivity index (χ2v) is 8.05. The van der Waals surface area contributed by atoms with Crippen LogP contribution in [0.4, 0.5) is 5.69 Å². The molecule has 2 aromatic rings. The summed E-state index contributed by atoms with van der Waals surface area (Å²) in [6.45, 7) is 5.25. The highest BCUT2D eigenvalue weighted by Gasteiger charge is 2.41. The van der Waals surface area contributed by atoms with Gasteiger partial charge in [0.05, 0.1) is 5.41 Å². The van der Waals surface area contributed by atoms with Crippen LogP contribution in [0.1, 0.15) is 37.3 Å². The molecule has 0 aliphatic carbocycles. The maximum absolute atomic E-state index is 13.2. The minimum Gasteiger partial charge on any atom is -0.381 e. The van der Waals surface area contributed by atoms with Gasteiger partial charge in [-0.3, -0.25) is 4.79 Å². The third-order valence-electron chi connectivity index (χ3n) is 6.32. The van der Waals surface area contributed by atoms with Crippen molar-refractivity contribution in [3.63, 3.8) is 0 Å². The summed E-state index contributed by atoms with van der Waals surface area (Å²) in [6.07, 6.45) is 3.56. The zero-order valence-corrected chi connectivity index (χ0v) is 16.7. The Balaban J connectivity index is 1.36. The van der Waals surface area contributed by atoms with Crippen LogP contribution in [-0.2, 0) is 21.4 Å². The van der Waals surface area contributed by atoms with Crippen LogP contribution in [0.5, 0.6) is 0 Å². The minimum absolute atomic E-state index is 0.150. The summed E-state index contributed by atoms with van der Waals surface area (Å²) in [5.74, 6) is 0.150. The van der Waals surface area contributed by atoms with E-state index in [1.165, 1.54) is 11.3 Å². The quantitative estimate of drug-likeness (QED) is 0.780. The van der Waals surface area contributed by atoms with E-state index in [9.17, 15) is 4.79 Å². The van der Waals surface area contributed by atoms with E-state index in [0.29, 0.717) is 25.8 Å². The summed E-state index contributed by atoms with van der Waals surface area (Å²) >= 11 is 0. The molecule has 0 spiro atoms. The molecule has 0 unspecified atom stereocenters. The monoisotopic (exact) mass is 378 g/mol. The van der Waals surface area contributed by atoms with Gasteiger partial charge in [-0.2, -0.15) is 0 Å². The van der Waals surface area contributed by atoms with Crippen molar-refractivity contribution in [2.45, 2.75) is 44.1 Å². The van der Waals surface area contributed by atoms with Crippen LogP contribution < -0.4 is 10.2 Å². The highest BCUT2D eigenvalue weighted by molar-refractivity contribution is 5.88. The van der Waals surface area contributed by atoms with E-state index in [-0.39, 0.29) is 5.91 Å². The average Bonchev–Trinajstić information content (AvgIpc) is 3.07. The van der Waals surface area contributed by atoms with Gasteiger partial charge < -0.3 is 15.0 Å². The van der Waals surface area contributed by atoms with Gasteiger partial charge in [-0.15, -0.1) is 0 Å². The number of benzene rings is 2.